The highest BCUT2D eigenvalue weighted by molar-refractivity contribution is 6.05. The Labute approximate surface area is 157 Å². The Balaban J connectivity index is 1.91. The van der Waals surface area contributed by atoms with Gasteiger partial charge in [-0.2, -0.15) is 0 Å². The molecule has 0 radical (unpaired) electrons. The van der Waals surface area contributed by atoms with Crippen molar-refractivity contribution in [3.05, 3.63) is 60.2 Å². The van der Waals surface area contributed by atoms with Gasteiger partial charge in [-0.05, 0) is 36.4 Å². The molecular formula is C20H20N4O3. The lowest BCUT2D eigenvalue weighted by molar-refractivity contribution is 0.0736. The first-order chi connectivity index (χ1) is 12.9. The third-order valence-corrected chi connectivity index (χ3v) is 4.15. The van der Waals surface area contributed by atoms with Crippen LogP contribution >= 0.6 is 0 Å². The topological polar surface area (TPSA) is 88.8 Å². The van der Waals surface area contributed by atoms with Gasteiger partial charge in [-0.25, -0.2) is 14.6 Å². The first-order valence-corrected chi connectivity index (χ1v) is 8.29. The number of primary amides is 1. The molecule has 0 aliphatic rings. The molecule has 2 aromatic carbocycles. The monoisotopic (exact) mass is 364 g/mol. The SMILES string of the molecule is CN(C)c1cc(C(=O)Oc2ccc(N(C)C(N)=O)cc2)c2ccccc2n1. The number of benzene rings is 2. The molecular weight excluding hydrogens is 344 g/mol. The zero-order chi connectivity index (χ0) is 19.6. The van der Waals surface area contributed by atoms with Crippen LogP contribution in [-0.2, 0) is 0 Å². The van der Waals surface area contributed by atoms with E-state index in [9.17, 15) is 9.59 Å². The predicted octanol–water partition coefficient (Wildman–Crippen LogP) is 3.03. The Morgan fingerprint density at radius 3 is 2.30 bits per heavy atom. The van der Waals surface area contributed by atoms with Gasteiger partial charge in [0.1, 0.15) is 11.6 Å². The number of amides is 2. The maximum Gasteiger partial charge on any atom is 0.344 e. The maximum atomic E-state index is 12.8. The number of ether oxygens (including phenoxy) is 1. The van der Waals surface area contributed by atoms with Crippen LogP contribution in [0.15, 0.2) is 54.6 Å². The Morgan fingerprint density at radius 2 is 1.67 bits per heavy atom. The molecule has 0 unspecified atom stereocenters. The smallest absolute Gasteiger partial charge is 0.344 e. The number of nitrogens with two attached hydrogens (primary N) is 1. The summed E-state index contributed by atoms with van der Waals surface area (Å²) in [6.45, 7) is 0. The van der Waals surface area contributed by atoms with Crippen LogP contribution in [-0.4, -0.2) is 38.1 Å². The lowest BCUT2D eigenvalue weighted by Gasteiger charge is -2.16. The molecule has 0 saturated carbocycles. The molecule has 7 heteroatoms. The largest absolute Gasteiger partial charge is 0.423 e. The van der Waals surface area contributed by atoms with Gasteiger partial charge in [0, 0.05) is 32.2 Å². The molecule has 3 aromatic rings. The highest BCUT2D eigenvalue weighted by Crippen LogP contribution is 2.25. The summed E-state index contributed by atoms with van der Waals surface area (Å²) >= 11 is 0. The van der Waals surface area contributed by atoms with Gasteiger partial charge < -0.3 is 15.4 Å². The van der Waals surface area contributed by atoms with Gasteiger partial charge in [0.15, 0.2) is 0 Å². The Kier molecular flexibility index (Phi) is 4.94. The summed E-state index contributed by atoms with van der Waals surface area (Å²) in [4.78, 5) is 31.7. The second-order valence-electron chi connectivity index (χ2n) is 6.22. The maximum absolute atomic E-state index is 12.8. The number of aromatic nitrogens is 1. The van der Waals surface area contributed by atoms with Crippen molar-refractivity contribution in [2.24, 2.45) is 5.73 Å². The average molecular weight is 364 g/mol. The van der Waals surface area contributed by atoms with E-state index in [4.69, 9.17) is 10.5 Å². The standard InChI is InChI=1S/C20H20N4O3/c1-23(2)18-12-16(15-6-4-5-7-17(15)22-18)19(25)27-14-10-8-13(9-11-14)24(3)20(21)26/h4-12H,1-3H3,(H2,21,26). The number of urea groups is 1. The molecule has 2 amide bonds. The molecule has 0 spiro atoms. The van der Waals surface area contributed by atoms with Crippen LogP contribution < -0.4 is 20.3 Å². The summed E-state index contributed by atoms with van der Waals surface area (Å²) < 4.78 is 5.52. The summed E-state index contributed by atoms with van der Waals surface area (Å²) in [5.41, 5.74) is 7.00. The summed E-state index contributed by atoms with van der Waals surface area (Å²) in [5.74, 6) is 0.556. The van der Waals surface area contributed by atoms with Crippen molar-refractivity contribution in [2.45, 2.75) is 0 Å². The van der Waals surface area contributed by atoms with Crippen LogP contribution in [0.4, 0.5) is 16.3 Å². The van der Waals surface area contributed by atoms with E-state index in [0.717, 1.165) is 5.39 Å². The van der Waals surface area contributed by atoms with E-state index in [-0.39, 0.29) is 0 Å². The van der Waals surface area contributed by atoms with Crippen molar-refractivity contribution < 1.29 is 14.3 Å². The fourth-order valence-electron chi connectivity index (χ4n) is 2.59. The molecule has 0 saturated heterocycles. The molecule has 0 aliphatic heterocycles. The molecule has 27 heavy (non-hydrogen) atoms. The van der Waals surface area contributed by atoms with Gasteiger partial charge in [-0.3, -0.25) is 4.90 Å². The van der Waals surface area contributed by atoms with Crippen LogP contribution in [0.1, 0.15) is 10.4 Å². The Morgan fingerprint density at radius 1 is 1.00 bits per heavy atom. The zero-order valence-corrected chi connectivity index (χ0v) is 15.3. The van der Waals surface area contributed by atoms with Crippen LogP contribution in [0.2, 0.25) is 0 Å². The Hall–Kier alpha value is -3.61. The zero-order valence-electron chi connectivity index (χ0n) is 15.3. The van der Waals surface area contributed by atoms with Gasteiger partial charge in [0.2, 0.25) is 0 Å². The molecule has 7 nitrogen and oxygen atoms in total. The minimum atomic E-state index is -0.570. The number of carbonyl (C=O) groups excluding carboxylic acids is 2. The van der Waals surface area contributed by atoms with E-state index in [1.54, 1.807) is 37.4 Å². The average Bonchev–Trinajstić information content (AvgIpc) is 2.66. The summed E-state index contributed by atoms with van der Waals surface area (Å²) in [5, 5.41) is 0.721. The quantitative estimate of drug-likeness (QED) is 0.568. The van der Waals surface area contributed by atoms with E-state index >= 15 is 0 Å². The number of rotatable bonds is 4. The van der Waals surface area contributed by atoms with E-state index in [1.807, 2.05) is 43.3 Å². The second-order valence-corrected chi connectivity index (χ2v) is 6.22. The normalized spacial score (nSPS) is 10.5. The molecule has 0 atom stereocenters. The van der Waals surface area contributed by atoms with Crippen molar-refractivity contribution in [1.29, 1.82) is 0 Å². The highest BCUT2D eigenvalue weighted by atomic mass is 16.5. The number of pyridine rings is 1. The fraction of sp³-hybridized carbons (Fsp3) is 0.150. The highest BCUT2D eigenvalue weighted by Gasteiger charge is 2.16. The summed E-state index contributed by atoms with van der Waals surface area (Å²) in [6.07, 6.45) is 0. The predicted molar refractivity (Wildman–Crippen MR) is 105 cm³/mol. The number of carbonyl (C=O) groups is 2. The van der Waals surface area contributed by atoms with Crippen molar-refractivity contribution in [1.82, 2.24) is 4.98 Å². The van der Waals surface area contributed by atoms with Gasteiger partial charge >= 0.3 is 12.0 Å². The third kappa shape index (κ3) is 3.82. The van der Waals surface area contributed by atoms with E-state index < -0.39 is 12.0 Å². The number of anilines is 2. The molecule has 0 fully saturated rings. The van der Waals surface area contributed by atoms with Crippen molar-refractivity contribution >= 4 is 34.4 Å². The Bertz CT molecular complexity index is 1000. The second kappa shape index (κ2) is 7.33. The van der Waals surface area contributed by atoms with Crippen LogP contribution in [0.5, 0.6) is 5.75 Å². The lowest BCUT2D eigenvalue weighted by atomic mass is 10.1. The van der Waals surface area contributed by atoms with E-state index in [0.29, 0.717) is 28.3 Å². The number of para-hydroxylation sites is 1. The number of hydrogen-bond donors (Lipinski definition) is 1. The molecule has 1 aromatic heterocycles. The van der Waals surface area contributed by atoms with Crippen LogP contribution in [0, 0.1) is 0 Å². The summed E-state index contributed by atoms with van der Waals surface area (Å²) in [6, 6.07) is 15.1. The first-order valence-electron chi connectivity index (χ1n) is 8.29. The van der Waals surface area contributed by atoms with E-state index in [2.05, 4.69) is 4.98 Å². The van der Waals surface area contributed by atoms with Crippen molar-refractivity contribution in [3.63, 3.8) is 0 Å². The number of fused-ring (bicyclic) bond motifs is 1. The van der Waals surface area contributed by atoms with Crippen LogP contribution in [0.25, 0.3) is 10.9 Å². The van der Waals surface area contributed by atoms with Crippen molar-refractivity contribution in [3.8, 4) is 5.75 Å². The number of hydrogen-bond acceptors (Lipinski definition) is 5. The van der Waals surface area contributed by atoms with Gasteiger partial charge in [0.25, 0.3) is 0 Å². The molecule has 0 aliphatic carbocycles. The summed E-state index contributed by atoms with van der Waals surface area (Å²) in [7, 11) is 5.29. The number of esters is 1. The van der Waals surface area contributed by atoms with Gasteiger partial charge in [-0.15, -0.1) is 0 Å². The van der Waals surface area contributed by atoms with E-state index in [1.165, 1.54) is 4.90 Å². The molecule has 1 heterocycles. The van der Waals surface area contributed by atoms with Gasteiger partial charge in [0.05, 0.1) is 11.1 Å². The first kappa shape index (κ1) is 18.2. The third-order valence-electron chi connectivity index (χ3n) is 4.15. The molecule has 3 rings (SSSR count). The van der Waals surface area contributed by atoms with Crippen LogP contribution in [0.3, 0.4) is 0 Å². The lowest BCUT2D eigenvalue weighted by Crippen LogP contribution is -2.31. The minimum absolute atomic E-state index is 0.369. The number of nitrogens with zero attached hydrogens (tertiary/aromatic N) is 3. The molecule has 138 valence electrons. The van der Waals surface area contributed by atoms with Gasteiger partial charge in [-0.1, -0.05) is 18.2 Å². The minimum Gasteiger partial charge on any atom is -0.423 e. The molecule has 2 N–H and O–H groups in total. The van der Waals surface area contributed by atoms with Crippen molar-refractivity contribution in [2.75, 3.05) is 30.9 Å². The fourth-order valence-corrected chi connectivity index (χ4v) is 2.59. The molecule has 0 bridgehead atoms.